The monoisotopic (exact) mass is 430 g/mol. The van der Waals surface area contributed by atoms with Gasteiger partial charge < -0.3 is 10.2 Å². The second kappa shape index (κ2) is 8.49. The summed E-state index contributed by atoms with van der Waals surface area (Å²) in [6.45, 7) is 10.7. The van der Waals surface area contributed by atoms with Gasteiger partial charge >= 0.3 is 5.97 Å². The molecule has 0 aromatic heterocycles. The number of sulfone groups is 1. The normalized spacial score (nSPS) is 18.2. The lowest BCUT2D eigenvalue weighted by molar-refractivity contribution is -0.216. The molecule has 2 aromatic carbocycles. The van der Waals surface area contributed by atoms with Gasteiger partial charge in [0.1, 0.15) is 0 Å². The maximum Gasteiger partial charge on any atom is 0.330 e. The summed E-state index contributed by atoms with van der Waals surface area (Å²) in [6, 6.07) is 11.9. The average Bonchev–Trinajstić information content (AvgIpc) is 2.67. The van der Waals surface area contributed by atoms with E-state index in [-0.39, 0.29) is 10.9 Å². The van der Waals surface area contributed by atoms with Crippen LogP contribution in [-0.4, -0.2) is 39.1 Å². The second-order valence-corrected chi connectivity index (χ2v) is 10.7. The fraction of sp³-hybridized carbons (Fsp3) is 0.435. The minimum atomic E-state index is -3.74. The van der Waals surface area contributed by atoms with E-state index >= 15 is 0 Å². The van der Waals surface area contributed by atoms with Crippen LogP contribution >= 0.6 is 0 Å². The van der Waals surface area contributed by atoms with Gasteiger partial charge in [0, 0.05) is 19.6 Å². The predicted octanol–water partition coefficient (Wildman–Crippen LogP) is 3.59. The Hall–Kier alpha value is -2.22. The molecular formula is C23H30N2O4S. The number of hydrogen-bond donors (Lipinski definition) is 1. The molecule has 6 nitrogen and oxygen atoms in total. The van der Waals surface area contributed by atoms with Gasteiger partial charge in [0.05, 0.1) is 21.2 Å². The summed E-state index contributed by atoms with van der Waals surface area (Å²) < 4.78 is 27.1. The molecule has 0 radical (unpaired) electrons. The fourth-order valence-electron chi connectivity index (χ4n) is 3.52. The topological polar surface area (TPSA) is 75.7 Å². The van der Waals surface area contributed by atoms with E-state index in [9.17, 15) is 13.2 Å². The zero-order valence-electron chi connectivity index (χ0n) is 18.2. The van der Waals surface area contributed by atoms with Crippen molar-refractivity contribution in [2.75, 3.05) is 19.6 Å². The van der Waals surface area contributed by atoms with Crippen molar-refractivity contribution in [3.8, 4) is 0 Å². The van der Waals surface area contributed by atoms with Crippen LogP contribution in [0.2, 0.25) is 0 Å². The lowest BCUT2D eigenvalue weighted by atomic mass is 9.97. The molecule has 1 aliphatic heterocycles. The number of rotatable bonds is 4. The van der Waals surface area contributed by atoms with Crippen LogP contribution in [0.1, 0.15) is 43.5 Å². The molecular weight excluding hydrogens is 400 g/mol. The van der Waals surface area contributed by atoms with Crippen LogP contribution in [0.15, 0.2) is 52.3 Å². The third-order valence-electron chi connectivity index (χ3n) is 5.19. The zero-order valence-corrected chi connectivity index (χ0v) is 19.0. The molecule has 2 aromatic rings. The van der Waals surface area contributed by atoms with Gasteiger partial charge in [-0.3, -0.25) is 0 Å². The first-order valence-electron chi connectivity index (χ1n) is 10.1. The molecule has 1 atom stereocenters. The lowest BCUT2D eigenvalue weighted by Gasteiger charge is -2.36. The first kappa shape index (κ1) is 22.5. The van der Waals surface area contributed by atoms with Gasteiger partial charge in [-0.05, 0) is 57.9 Å². The molecule has 7 heteroatoms. The minimum Gasteiger partial charge on any atom is -0.367 e. The standard InChI is InChI=1S/C23H30N2O4S/c1-16-10-11-20(17(2)14-16)30(27,28)21-9-7-6-8-18(21)19-15-24-12-13-25(19)29-22(26)23(3,4)5/h6-11,14,19,24H,12-13,15H2,1-5H3. The van der Waals surface area contributed by atoms with Crippen molar-refractivity contribution < 1.29 is 18.0 Å². The molecule has 1 unspecified atom stereocenters. The number of carbonyl (C=O) groups is 1. The molecule has 162 valence electrons. The summed E-state index contributed by atoms with van der Waals surface area (Å²) in [5.74, 6) is -0.343. The largest absolute Gasteiger partial charge is 0.367 e. The Labute approximate surface area is 179 Å². The van der Waals surface area contributed by atoms with Crippen LogP contribution in [0, 0.1) is 19.3 Å². The Morgan fingerprint density at radius 1 is 1.10 bits per heavy atom. The van der Waals surface area contributed by atoms with Gasteiger partial charge in [-0.25, -0.2) is 13.2 Å². The van der Waals surface area contributed by atoms with Crippen molar-refractivity contribution >= 4 is 15.8 Å². The molecule has 1 saturated heterocycles. The van der Waals surface area contributed by atoms with Gasteiger partial charge in [0.2, 0.25) is 9.84 Å². The number of piperazine rings is 1. The van der Waals surface area contributed by atoms with Gasteiger partial charge in [-0.2, -0.15) is 0 Å². The van der Waals surface area contributed by atoms with Crippen molar-refractivity contribution in [3.05, 3.63) is 59.2 Å². The van der Waals surface area contributed by atoms with Crippen LogP contribution in [0.5, 0.6) is 0 Å². The first-order chi connectivity index (χ1) is 14.0. The SMILES string of the molecule is Cc1ccc(S(=O)(=O)c2ccccc2C2CNCCN2OC(=O)C(C)(C)C)c(C)c1. The summed E-state index contributed by atoms with van der Waals surface area (Å²) >= 11 is 0. The first-order valence-corrected chi connectivity index (χ1v) is 11.6. The molecule has 1 N–H and O–H groups in total. The number of hydrogen-bond acceptors (Lipinski definition) is 6. The highest BCUT2D eigenvalue weighted by Crippen LogP contribution is 2.33. The number of nitrogens with one attached hydrogen (secondary N) is 1. The molecule has 1 aliphatic rings. The van der Waals surface area contributed by atoms with E-state index in [1.807, 2.05) is 32.0 Å². The van der Waals surface area contributed by atoms with Crippen LogP contribution in [0.25, 0.3) is 0 Å². The summed E-state index contributed by atoms with van der Waals surface area (Å²) in [7, 11) is -3.74. The summed E-state index contributed by atoms with van der Waals surface area (Å²) in [4.78, 5) is 18.7. The Kier molecular flexibility index (Phi) is 6.36. The highest BCUT2D eigenvalue weighted by atomic mass is 32.2. The quantitative estimate of drug-likeness (QED) is 0.799. The molecule has 0 bridgehead atoms. The van der Waals surface area contributed by atoms with Gasteiger partial charge in [-0.15, -0.1) is 5.06 Å². The van der Waals surface area contributed by atoms with Gasteiger partial charge in [0.15, 0.2) is 0 Å². The number of nitrogens with zero attached hydrogens (tertiary/aromatic N) is 1. The summed E-state index contributed by atoms with van der Waals surface area (Å²) in [6.07, 6.45) is 0. The average molecular weight is 431 g/mol. The molecule has 1 heterocycles. The van der Waals surface area contributed by atoms with Gasteiger partial charge in [0.25, 0.3) is 0 Å². The summed E-state index contributed by atoms with van der Waals surface area (Å²) in [5.41, 5.74) is 1.69. The van der Waals surface area contributed by atoms with E-state index in [2.05, 4.69) is 5.32 Å². The third kappa shape index (κ3) is 4.58. The number of aryl methyl sites for hydroxylation is 2. The molecule has 30 heavy (non-hydrogen) atoms. The molecule has 0 spiro atoms. The summed E-state index contributed by atoms with van der Waals surface area (Å²) in [5, 5.41) is 4.90. The zero-order chi connectivity index (χ0) is 22.1. The predicted molar refractivity (Wildman–Crippen MR) is 116 cm³/mol. The van der Waals surface area contributed by atoms with E-state index in [1.165, 1.54) is 0 Å². The van der Waals surface area contributed by atoms with E-state index < -0.39 is 21.3 Å². The van der Waals surface area contributed by atoms with E-state index in [4.69, 9.17) is 4.84 Å². The maximum atomic E-state index is 13.6. The number of benzene rings is 2. The Morgan fingerprint density at radius 3 is 2.47 bits per heavy atom. The van der Waals surface area contributed by atoms with Crippen molar-refractivity contribution in [3.63, 3.8) is 0 Å². The highest BCUT2D eigenvalue weighted by Gasteiger charge is 2.35. The molecule has 1 fully saturated rings. The molecule has 0 aliphatic carbocycles. The Morgan fingerprint density at radius 2 is 1.80 bits per heavy atom. The number of hydroxylamine groups is 2. The smallest absolute Gasteiger partial charge is 0.330 e. The fourth-order valence-corrected chi connectivity index (χ4v) is 5.26. The lowest BCUT2D eigenvalue weighted by Crippen LogP contribution is -2.48. The van der Waals surface area contributed by atoms with Crippen molar-refractivity contribution in [1.29, 1.82) is 0 Å². The molecule has 0 saturated carbocycles. The van der Waals surface area contributed by atoms with Crippen molar-refractivity contribution in [1.82, 2.24) is 10.4 Å². The van der Waals surface area contributed by atoms with Crippen LogP contribution in [-0.2, 0) is 19.5 Å². The van der Waals surface area contributed by atoms with E-state index in [0.717, 1.165) is 5.56 Å². The van der Waals surface area contributed by atoms with E-state index in [0.29, 0.717) is 35.7 Å². The molecule has 0 amide bonds. The van der Waals surface area contributed by atoms with Crippen LogP contribution in [0.4, 0.5) is 0 Å². The van der Waals surface area contributed by atoms with Crippen LogP contribution in [0.3, 0.4) is 0 Å². The molecule has 3 rings (SSSR count). The highest BCUT2D eigenvalue weighted by molar-refractivity contribution is 7.91. The van der Waals surface area contributed by atoms with Gasteiger partial charge in [-0.1, -0.05) is 35.9 Å². The van der Waals surface area contributed by atoms with E-state index in [1.54, 1.807) is 50.1 Å². The Balaban J connectivity index is 2.04. The maximum absolute atomic E-state index is 13.6. The van der Waals surface area contributed by atoms with Crippen molar-refractivity contribution in [2.45, 2.75) is 50.5 Å². The number of carbonyl (C=O) groups excluding carboxylic acids is 1. The second-order valence-electron chi connectivity index (χ2n) is 8.80. The third-order valence-corrected chi connectivity index (χ3v) is 7.18. The van der Waals surface area contributed by atoms with Crippen LogP contribution < -0.4 is 5.32 Å². The van der Waals surface area contributed by atoms with Crippen molar-refractivity contribution in [2.24, 2.45) is 5.41 Å². The minimum absolute atomic E-state index is 0.238. The Bertz CT molecular complexity index is 1040.